The zero-order valence-electron chi connectivity index (χ0n) is 25.9. The van der Waals surface area contributed by atoms with Crippen LogP contribution in [-0.4, -0.2) is 60.4 Å². The Balaban J connectivity index is 0.000000241. The summed E-state index contributed by atoms with van der Waals surface area (Å²) >= 11 is 0. The second kappa shape index (κ2) is 16.7. The van der Waals surface area contributed by atoms with Gasteiger partial charge in [0.1, 0.15) is 36.2 Å². The molecule has 0 fully saturated rings. The topological polar surface area (TPSA) is 118 Å². The molecule has 0 saturated heterocycles. The van der Waals surface area contributed by atoms with Gasteiger partial charge in [-0.1, -0.05) is 76.2 Å². The largest absolute Gasteiger partial charge is 0.491 e. The van der Waals surface area contributed by atoms with Crippen LogP contribution in [0.15, 0.2) is 97.1 Å². The summed E-state index contributed by atoms with van der Waals surface area (Å²) in [7, 11) is 0. The van der Waals surface area contributed by atoms with Crippen LogP contribution in [0.3, 0.4) is 0 Å². The van der Waals surface area contributed by atoms with Crippen molar-refractivity contribution in [3.8, 4) is 23.0 Å². The van der Waals surface area contributed by atoms with Crippen LogP contribution in [0.4, 0.5) is 0 Å². The summed E-state index contributed by atoms with van der Waals surface area (Å²) in [4.78, 5) is 0. The maximum atomic E-state index is 8.79. The van der Waals surface area contributed by atoms with Crippen LogP contribution < -0.4 is 18.9 Å². The predicted octanol–water partition coefficient (Wildman–Crippen LogP) is 5.42. The Hall–Kier alpha value is -4.08. The van der Waals surface area contributed by atoms with E-state index in [0.717, 1.165) is 22.6 Å². The van der Waals surface area contributed by atoms with E-state index < -0.39 is 0 Å². The third-order valence-electron chi connectivity index (χ3n) is 7.49. The van der Waals surface area contributed by atoms with Gasteiger partial charge in [0.15, 0.2) is 13.6 Å². The molecule has 4 aromatic carbocycles. The van der Waals surface area contributed by atoms with Crippen molar-refractivity contribution in [1.82, 2.24) is 0 Å². The van der Waals surface area contributed by atoms with Gasteiger partial charge in [-0.25, -0.2) is 0 Å². The lowest BCUT2D eigenvalue weighted by molar-refractivity contribution is 0.0981. The number of rotatable bonds is 14. The average molecular weight is 605 g/mol. The van der Waals surface area contributed by atoms with E-state index in [-0.39, 0.29) is 37.6 Å². The van der Waals surface area contributed by atoms with Crippen LogP contribution in [0.1, 0.15) is 49.9 Å². The first-order valence-corrected chi connectivity index (χ1v) is 14.5. The Morgan fingerprint density at radius 2 is 0.614 bits per heavy atom. The van der Waals surface area contributed by atoms with Gasteiger partial charge in [-0.05, 0) is 70.8 Å². The summed E-state index contributed by atoms with van der Waals surface area (Å²) in [5.41, 5.74) is 4.32. The predicted molar refractivity (Wildman–Crippen MR) is 171 cm³/mol. The summed E-state index contributed by atoms with van der Waals surface area (Å²) in [6.07, 6.45) is 0. The molecular formula is C36H44O8. The van der Waals surface area contributed by atoms with Gasteiger partial charge in [-0.3, -0.25) is 0 Å². The fourth-order valence-electron chi connectivity index (χ4n) is 4.68. The second-order valence-electron chi connectivity index (χ2n) is 11.0. The first-order valence-electron chi connectivity index (χ1n) is 14.5. The van der Waals surface area contributed by atoms with Crippen molar-refractivity contribution in [2.75, 3.05) is 40.0 Å². The smallest absolute Gasteiger partial charge is 0.186 e. The molecule has 0 radical (unpaired) electrons. The Kier molecular flexibility index (Phi) is 13.0. The number of hydrogen-bond donors (Lipinski definition) is 4. The first kappa shape index (κ1) is 34.4. The third-order valence-corrected chi connectivity index (χ3v) is 7.49. The molecule has 236 valence electrons. The molecule has 0 bridgehead atoms. The molecule has 4 rings (SSSR count). The molecule has 0 unspecified atom stereocenters. The van der Waals surface area contributed by atoms with Crippen LogP contribution in [0.2, 0.25) is 0 Å². The van der Waals surface area contributed by atoms with Crippen molar-refractivity contribution < 1.29 is 39.4 Å². The molecule has 8 nitrogen and oxygen atoms in total. The maximum Gasteiger partial charge on any atom is 0.186 e. The van der Waals surface area contributed by atoms with E-state index in [2.05, 4.69) is 27.7 Å². The minimum atomic E-state index is -0.324. The van der Waals surface area contributed by atoms with E-state index in [1.165, 1.54) is 11.1 Å². The van der Waals surface area contributed by atoms with Crippen LogP contribution in [0.5, 0.6) is 23.0 Å². The molecule has 0 heterocycles. The lowest BCUT2D eigenvalue weighted by Crippen LogP contribution is -2.18. The zero-order chi connectivity index (χ0) is 32.0. The van der Waals surface area contributed by atoms with Crippen molar-refractivity contribution in [3.63, 3.8) is 0 Å². The first-order chi connectivity index (χ1) is 21.1. The van der Waals surface area contributed by atoms with E-state index in [1.54, 1.807) is 0 Å². The molecule has 4 aromatic rings. The summed E-state index contributed by atoms with van der Waals surface area (Å²) in [5, 5.41) is 35.1. The SMILES string of the molecule is CC(C)(c1ccc(OCCO)cc1)c1ccc(OCCO)cc1.CC(C)(c1ccc(OCO)cc1)c1ccc(OCO)cc1. The highest BCUT2D eigenvalue weighted by atomic mass is 16.6. The molecule has 8 heteroatoms. The van der Waals surface area contributed by atoms with Crippen molar-refractivity contribution in [2.24, 2.45) is 0 Å². The highest BCUT2D eigenvalue weighted by molar-refractivity contribution is 5.43. The van der Waals surface area contributed by atoms with Crippen molar-refractivity contribution >= 4 is 0 Å². The fraction of sp³-hybridized carbons (Fsp3) is 0.333. The lowest BCUT2D eigenvalue weighted by Gasteiger charge is -2.26. The molecular weight excluding hydrogens is 560 g/mol. The van der Waals surface area contributed by atoms with Gasteiger partial charge in [0.05, 0.1) is 13.2 Å². The highest BCUT2D eigenvalue weighted by Gasteiger charge is 2.24. The molecule has 0 aliphatic carbocycles. The van der Waals surface area contributed by atoms with Crippen LogP contribution in [0, 0.1) is 0 Å². The van der Waals surface area contributed by atoms with Gasteiger partial charge < -0.3 is 39.4 Å². The van der Waals surface area contributed by atoms with Crippen LogP contribution in [-0.2, 0) is 10.8 Å². The molecule has 0 aliphatic rings. The second-order valence-corrected chi connectivity index (χ2v) is 11.0. The fourth-order valence-corrected chi connectivity index (χ4v) is 4.68. The molecule has 0 aliphatic heterocycles. The van der Waals surface area contributed by atoms with E-state index in [9.17, 15) is 0 Å². The van der Waals surface area contributed by atoms with Crippen LogP contribution in [0.25, 0.3) is 0 Å². The number of aliphatic hydroxyl groups excluding tert-OH is 4. The molecule has 0 spiro atoms. The lowest BCUT2D eigenvalue weighted by atomic mass is 9.78. The molecule has 44 heavy (non-hydrogen) atoms. The summed E-state index contributed by atoms with van der Waals surface area (Å²) in [5.74, 6) is 2.80. The van der Waals surface area contributed by atoms with Gasteiger partial charge in [-0.2, -0.15) is 0 Å². The molecule has 0 saturated carbocycles. The number of aliphatic hydroxyl groups is 4. The molecule has 0 aromatic heterocycles. The average Bonchev–Trinajstić information content (AvgIpc) is 3.04. The molecule has 4 N–H and O–H groups in total. The zero-order valence-corrected chi connectivity index (χ0v) is 25.9. The highest BCUT2D eigenvalue weighted by Crippen LogP contribution is 2.34. The molecule has 0 amide bonds. The van der Waals surface area contributed by atoms with Gasteiger partial charge in [0, 0.05) is 10.8 Å². The third kappa shape index (κ3) is 9.46. The monoisotopic (exact) mass is 604 g/mol. The van der Waals surface area contributed by atoms with E-state index in [4.69, 9.17) is 39.4 Å². The van der Waals surface area contributed by atoms with Crippen molar-refractivity contribution in [2.45, 2.75) is 38.5 Å². The Morgan fingerprint density at radius 1 is 0.386 bits per heavy atom. The van der Waals surface area contributed by atoms with Gasteiger partial charge >= 0.3 is 0 Å². The van der Waals surface area contributed by atoms with E-state index in [0.29, 0.717) is 24.7 Å². The van der Waals surface area contributed by atoms with Gasteiger partial charge in [0.25, 0.3) is 0 Å². The minimum absolute atomic E-state index is 0.0119. The summed E-state index contributed by atoms with van der Waals surface area (Å²) in [6.45, 7) is 8.59. The van der Waals surface area contributed by atoms with E-state index in [1.807, 2.05) is 97.1 Å². The standard InChI is InChI=1S/C19H24O4.C17H20O4/c1-19(2,15-3-7-17(8-4-15)22-13-11-20)16-5-9-18(10-6-16)23-14-12-21;1-17(2,13-3-7-15(8-4-13)20-11-18)14-5-9-16(10-6-14)21-12-19/h3-10,20-21H,11-14H2,1-2H3;3-10,18-19H,11-12H2,1-2H3. The number of hydrogen-bond acceptors (Lipinski definition) is 8. The maximum absolute atomic E-state index is 8.79. The van der Waals surface area contributed by atoms with Gasteiger partial charge in [0.2, 0.25) is 0 Å². The quantitative estimate of drug-likeness (QED) is 0.141. The van der Waals surface area contributed by atoms with Crippen molar-refractivity contribution in [1.29, 1.82) is 0 Å². The molecule has 0 atom stereocenters. The number of benzene rings is 4. The summed E-state index contributed by atoms with van der Waals surface area (Å²) in [6, 6.07) is 31.2. The Bertz CT molecular complexity index is 1260. The van der Waals surface area contributed by atoms with E-state index >= 15 is 0 Å². The van der Waals surface area contributed by atoms with Crippen molar-refractivity contribution in [3.05, 3.63) is 119 Å². The van der Waals surface area contributed by atoms with Gasteiger partial charge in [-0.15, -0.1) is 0 Å². The normalized spacial score (nSPS) is 11.3. The van der Waals surface area contributed by atoms with Crippen LogP contribution >= 0.6 is 0 Å². The summed E-state index contributed by atoms with van der Waals surface area (Å²) < 4.78 is 20.9. The number of ether oxygens (including phenoxy) is 4. The Labute approximate surface area is 260 Å². The Morgan fingerprint density at radius 3 is 0.818 bits per heavy atom. The minimum Gasteiger partial charge on any atom is -0.491 e.